The minimum absolute atomic E-state index is 0.0183. The van der Waals surface area contributed by atoms with Gasteiger partial charge in [0.25, 0.3) is 0 Å². The fourth-order valence-electron chi connectivity index (χ4n) is 2.94. The molecule has 2 amide bonds. The standard InChI is InChI=1S/C19H22ClN3O3S/c1-13-2-3-15(10-16(13)20)22-19(25)18(24)21-11-17(14-4-7-26-12-14)23-5-8-27-9-6-23/h2-4,7,10,12,17H,5-6,8-9,11H2,1H3,(H,21,24)(H,22,25)/t17-/m1/s1. The number of hydrogen-bond donors (Lipinski definition) is 2. The van der Waals surface area contributed by atoms with Crippen molar-refractivity contribution in [1.82, 2.24) is 10.2 Å². The Bertz CT molecular complexity index is 792. The molecule has 8 heteroatoms. The third-order valence-electron chi connectivity index (χ3n) is 4.51. The number of thioether (sulfide) groups is 1. The van der Waals surface area contributed by atoms with Crippen LogP contribution >= 0.6 is 23.4 Å². The number of halogens is 1. The van der Waals surface area contributed by atoms with Crippen molar-refractivity contribution in [2.45, 2.75) is 13.0 Å². The Labute approximate surface area is 167 Å². The maximum Gasteiger partial charge on any atom is 0.313 e. The molecule has 0 spiro atoms. The van der Waals surface area contributed by atoms with Gasteiger partial charge in [-0.25, -0.2) is 0 Å². The summed E-state index contributed by atoms with van der Waals surface area (Å²) in [5, 5.41) is 5.86. The molecule has 0 saturated carbocycles. The summed E-state index contributed by atoms with van der Waals surface area (Å²) < 4.78 is 5.20. The van der Waals surface area contributed by atoms with Gasteiger partial charge in [-0.05, 0) is 30.7 Å². The molecular formula is C19H22ClN3O3S. The summed E-state index contributed by atoms with van der Waals surface area (Å²) in [7, 11) is 0. The van der Waals surface area contributed by atoms with Gasteiger partial charge in [-0.1, -0.05) is 17.7 Å². The van der Waals surface area contributed by atoms with Crippen molar-refractivity contribution >= 4 is 40.9 Å². The molecule has 2 heterocycles. The number of furan rings is 1. The van der Waals surface area contributed by atoms with Gasteiger partial charge in [-0.3, -0.25) is 14.5 Å². The molecule has 1 saturated heterocycles. The average Bonchev–Trinajstić information content (AvgIpc) is 3.20. The van der Waals surface area contributed by atoms with Crippen LogP contribution in [-0.2, 0) is 9.59 Å². The first-order valence-electron chi connectivity index (χ1n) is 8.74. The summed E-state index contributed by atoms with van der Waals surface area (Å²) in [6.45, 7) is 4.08. The maximum absolute atomic E-state index is 12.3. The van der Waals surface area contributed by atoms with Gasteiger partial charge in [0.1, 0.15) is 0 Å². The highest BCUT2D eigenvalue weighted by atomic mass is 35.5. The minimum Gasteiger partial charge on any atom is -0.472 e. The van der Waals surface area contributed by atoms with Crippen LogP contribution in [0.3, 0.4) is 0 Å². The molecule has 1 fully saturated rings. The molecule has 27 heavy (non-hydrogen) atoms. The van der Waals surface area contributed by atoms with Crippen molar-refractivity contribution in [1.29, 1.82) is 0 Å². The molecule has 1 aliphatic heterocycles. The van der Waals surface area contributed by atoms with Crippen LogP contribution in [-0.4, -0.2) is 47.9 Å². The second-order valence-electron chi connectivity index (χ2n) is 6.35. The molecule has 0 unspecified atom stereocenters. The lowest BCUT2D eigenvalue weighted by atomic mass is 10.1. The quantitative estimate of drug-likeness (QED) is 0.745. The highest BCUT2D eigenvalue weighted by Gasteiger charge is 2.25. The van der Waals surface area contributed by atoms with Gasteiger partial charge >= 0.3 is 11.8 Å². The third-order valence-corrected chi connectivity index (χ3v) is 5.86. The lowest BCUT2D eigenvalue weighted by Crippen LogP contribution is -2.44. The molecule has 2 aromatic rings. The Hall–Kier alpha value is -1.96. The van der Waals surface area contributed by atoms with E-state index in [4.69, 9.17) is 16.0 Å². The molecule has 1 aliphatic rings. The molecule has 0 radical (unpaired) electrons. The molecule has 3 rings (SSSR count). The van der Waals surface area contributed by atoms with E-state index in [1.807, 2.05) is 24.8 Å². The van der Waals surface area contributed by atoms with Crippen molar-refractivity contribution in [3.8, 4) is 0 Å². The number of aryl methyl sites for hydroxylation is 1. The highest BCUT2D eigenvalue weighted by Crippen LogP contribution is 2.24. The maximum atomic E-state index is 12.3. The van der Waals surface area contributed by atoms with Gasteiger partial charge in [0, 0.05) is 47.4 Å². The zero-order valence-electron chi connectivity index (χ0n) is 15.0. The summed E-state index contributed by atoms with van der Waals surface area (Å²) in [6, 6.07) is 7.01. The fourth-order valence-corrected chi connectivity index (χ4v) is 4.05. The molecule has 2 N–H and O–H groups in total. The van der Waals surface area contributed by atoms with Gasteiger partial charge in [0.2, 0.25) is 0 Å². The van der Waals surface area contributed by atoms with Crippen molar-refractivity contribution in [2.24, 2.45) is 0 Å². The van der Waals surface area contributed by atoms with Crippen molar-refractivity contribution in [2.75, 3.05) is 36.5 Å². The van der Waals surface area contributed by atoms with Gasteiger partial charge < -0.3 is 15.1 Å². The highest BCUT2D eigenvalue weighted by molar-refractivity contribution is 7.99. The van der Waals surface area contributed by atoms with Crippen LogP contribution in [0.25, 0.3) is 0 Å². The number of hydrogen-bond acceptors (Lipinski definition) is 5. The fraction of sp³-hybridized carbons (Fsp3) is 0.368. The number of nitrogens with zero attached hydrogens (tertiary/aromatic N) is 1. The monoisotopic (exact) mass is 407 g/mol. The summed E-state index contributed by atoms with van der Waals surface area (Å²) in [5.41, 5.74) is 2.39. The third kappa shape index (κ3) is 5.28. The first-order chi connectivity index (χ1) is 13.0. The first kappa shape index (κ1) is 19.8. The van der Waals surface area contributed by atoms with Crippen LogP contribution in [0.4, 0.5) is 5.69 Å². The summed E-state index contributed by atoms with van der Waals surface area (Å²) >= 11 is 7.97. The van der Waals surface area contributed by atoms with Crippen LogP contribution in [0.15, 0.2) is 41.2 Å². The van der Waals surface area contributed by atoms with Gasteiger partial charge in [-0.2, -0.15) is 11.8 Å². The van der Waals surface area contributed by atoms with Crippen LogP contribution in [0.2, 0.25) is 5.02 Å². The van der Waals surface area contributed by atoms with E-state index in [2.05, 4.69) is 15.5 Å². The summed E-state index contributed by atoms with van der Waals surface area (Å²) in [6.07, 6.45) is 3.31. The van der Waals surface area contributed by atoms with E-state index in [9.17, 15) is 9.59 Å². The van der Waals surface area contributed by atoms with Gasteiger partial charge in [-0.15, -0.1) is 0 Å². The van der Waals surface area contributed by atoms with E-state index in [-0.39, 0.29) is 6.04 Å². The van der Waals surface area contributed by atoms with Gasteiger partial charge in [0.05, 0.1) is 18.6 Å². The van der Waals surface area contributed by atoms with E-state index in [1.54, 1.807) is 30.7 Å². The topological polar surface area (TPSA) is 74.6 Å². The number of nitrogens with one attached hydrogen (secondary N) is 2. The van der Waals surface area contributed by atoms with Crippen LogP contribution in [0.1, 0.15) is 17.2 Å². The number of carbonyl (C=O) groups is 2. The predicted octanol–water partition coefficient (Wildman–Crippen LogP) is 3.09. The SMILES string of the molecule is Cc1ccc(NC(=O)C(=O)NC[C@H](c2ccoc2)N2CCSCC2)cc1Cl. The number of carbonyl (C=O) groups excluding carboxylic acids is 2. The molecule has 6 nitrogen and oxygen atoms in total. The van der Waals surface area contributed by atoms with Crippen molar-refractivity contribution < 1.29 is 14.0 Å². The number of rotatable bonds is 5. The lowest BCUT2D eigenvalue weighted by Gasteiger charge is -2.33. The zero-order chi connectivity index (χ0) is 19.2. The minimum atomic E-state index is -0.713. The van der Waals surface area contributed by atoms with Crippen LogP contribution in [0.5, 0.6) is 0 Å². The molecule has 1 atom stereocenters. The summed E-state index contributed by atoms with van der Waals surface area (Å²) in [5.74, 6) is 0.718. The lowest BCUT2D eigenvalue weighted by molar-refractivity contribution is -0.136. The Morgan fingerprint density at radius 1 is 1.26 bits per heavy atom. The Morgan fingerprint density at radius 3 is 2.70 bits per heavy atom. The predicted molar refractivity (Wildman–Crippen MR) is 108 cm³/mol. The zero-order valence-corrected chi connectivity index (χ0v) is 16.6. The Balaban J connectivity index is 1.59. The molecular weight excluding hydrogens is 386 g/mol. The largest absolute Gasteiger partial charge is 0.472 e. The summed E-state index contributed by atoms with van der Waals surface area (Å²) in [4.78, 5) is 26.7. The molecule has 1 aromatic carbocycles. The number of anilines is 1. The first-order valence-corrected chi connectivity index (χ1v) is 10.3. The van der Waals surface area contributed by atoms with E-state index in [0.29, 0.717) is 17.3 Å². The molecule has 0 bridgehead atoms. The van der Waals surface area contributed by atoms with Gasteiger partial charge in [0.15, 0.2) is 0 Å². The van der Waals surface area contributed by atoms with E-state index in [1.165, 1.54) is 0 Å². The normalized spacial score (nSPS) is 15.9. The molecule has 144 valence electrons. The Morgan fingerprint density at radius 2 is 2.04 bits per heavy atom. The Kier molecular flexibility index (Phi) is 6.82. The van der Waals surface area contributed by atoms with Crippen LogP contribution in [0, 0.1) is 6.92 Å². The van der Waals surface area contributed by atoms with Crippen molar-refractivity contribution in [3.63, 3.8) is 0 Å². The smallest absolute Gasteiger partial charge is 0.313 e. The van der Waals surface area contributed by atoms with E-state index >= 15 is 0 Å². The average molecular weight is 408 g/mol. The second-order valence-corrected chi connectivity index (χ2v) is 7.98. The second kappa shape index (κ2) is 9.30. The molecule has 1 aromatic heterocycles. The van der Waals surface area contributed by atoms with E-state index in [0.717, 1.165) is 35.7 Å². The number of benzene rings is 1. The van der Waals surface area contributed by atoms with Crippen LogP contribution < -0.4 is 10.6 Å². The molecule has 0 aliphatic carbocycles. The number of amides is 2. The van der Waals surface area contributed by atoms with Crippen molar-refractivity contribution in [3.05, 3.63) is 52.9 Å². The van der Waals surface area contributed by atoms with E-state index < -0.39 is 11.8 Å².